The van der Waals surface area contributed by atoms with Gasteiger partial charge < -0.3 is 29.9 Å². The van der Waals surface area contributed by atoms with Gasteiger partial charge in [-0.05, 0) is 63.8 Å². The quantitative estimate of drug-likeness (QED) is 0.145. The van der Waals surface area contributed by atoms with Gasteiger partial charge in [-0.2, -0.15) is 5.09 Å². The van der Waals surface area contributed by atoms with E-state index >= 15 is 0 Å². The molecule has 2 fully saturated rings. The average molecular weight is 642 g/mol. The van der Waals surface area contributed by atoms with Gasteiger partial charge in [-0.15, -0.1) is 0 Å². The maximum atomic E-state index is 14.5. The van der Waals surface area contributed by atoms with Crippen LogP contribution in [0.15, 0.2) is 49.2 Å². The number of nitrogens with one attached hydrogen (secondary N) is 1. The second-order valence-corrected chi connectivity index (χ2v) is 13.0. The van der Waals surface area contributed by atoms with Crippen molar-refractivity contribution in [3.63, 3.8) is 0 Å². The maximum absolute atomic E-state index is 14.5. The summed E-state index contributed by atoms with van der Waals surface area (Å²) in [7, 11) is -4.40. The number of anilines is 1. The summed E-state index contributed by atoms with van der Waals surface area (Å²) in [6.07, 6.45) is 2.29. The van der Waals surface area contributed by atoms with Crippen LogP contribution in [0.4, 0.5) is 5.82 Å². The number of esters is 1. The Hall–Kier alpha value is -3.72. The molecule has 1 aliphatic heterocycles. The van der Waals surface area contributed by atoms with Gasteiger partial charge in [0.25, 0.3) is 0 Å². The zero-order valence-electron chi connectivity index (χ0n) is 24.8. The van der Waals surface area contributed by atoms with E-state index in [0.717, 1.165) is 32.1 Å². The Kier molecular flexibility index (Phi) is 9.00. The van der Waals surface area contributed by atoms with Crippen LogP contribution < -0.4 is 15.3 Å². The number of imidazole rings is 1. The van der Waals surface area contributed by atoms with Gasteiger partial charge in [0.15, 0.2) is 17.7 Å². The number of aliphatic hydroxyl groups excluding tert-OH is 2. The first-order valence-electron chi connectivity index (χ1n) is 14.9. The standard InChI is InChI=1S/C29H36N7O8P/c1-16(29(39)41-18-8-4-3-5-9-18)35-45(40,44-21-12-6-11-20-19(21)10-7-13-31-20)43-17(2)25-23(37)24(38)28(42-25)36-15-34-22-26(30)32-14-33-27(22)36/h6-7,10-18,23-25,28,37-38H,3-5,8-9H2,1-2H3,(H,35,40)(H2,30,32,33). The molecule has 3 aromatic heterocycles. The van der Waals surface area contributed by atoms with Crippen molar-refractivity contribution in [1.82, 2.24) is 29.6 Å². The highest BCUT2D eigenvalue weighted by molar-refractivity contribution is 7.52. The third-order valence-corrected chi connectivity index (χ3v) is 9.82. The van der Waals surface area contributed by atoms with Crippen molar-refractivity contribution >= 4 is 41.6 Å². The van der Waals surface area contributed by atoms with E-state index in [1.807, 2.05) is 0 Å². The van der Waals surface area contributed by atoms with Crippen molar-refractivity contribution in [2.24, 2.45) is 0 Å². The first-order chi connectivity index (χ1) is 21.6. The number of aromatic nitrogens is 5. The fraction of sp³-hybridized carbons (Fsp3) is 0.483. The average Bonchev–Trinajstić information content (AvgIpc) is 3.59. The van der Waals surface area contributed by atoms with Crippen LogP contribution in [-0.4, -0.2) is 77.2 Å². The SMILES string of the molecule is CC(NP(=O)(Oc1cccc2ncccc12)OC(C)C1OC(n2cnc3c(N)ncnc32)C(O)C1O)C(=O)OC1CCCCC1. The lowest BCUT2D eigenvalue weighted by Crippen LogP contribution is -2.41. The number of carbonyl (C=O) groups is 1. The second kappa shape index (κ2) is 12.9. The number of ether oxygens (including phenoxy) is 2. The molecule has 7 atom stereocenters. The summed E-state index contributed by atoms with van der Waals surface area (Å²) in [4.78, 5) is 29.7. The minimum absolute atomic E-state index is 0.143. The topological polar surface area (TPSA) is 206 Å². The minimum Gasteiger partial charge on any atom is -0.461 e. The van der Waals surface area contributed by atoms with Crippen LogP contribution in [0.1, 0.15) is 52.2 Å². The van der Waals surface area contributed by atoms with Crippen molar-refractivity contribution in [1.29, 1.82) is 0 Å². The molecule has 0 bridgehead atoms. The number of hydrogen-bond acceptors (Lipinski definition) is 13. The smallest absolute Gasteiger partial charge is 0.459 e. The summed E-state index contributed by atoms with van der Waals surface area (Å²) in [5.74, 6) is -0.254. The number of nitrogen functional groups attached to an aromatic ring is 1. The van der Waals surface area contributed by atoms with Crippen LogP contribution in [0.5, 0.6) is 5.75 Å². The van der Waals surface area contributed by atoms with Crippen LogP contribution in [0, 0.1) is 0 Å². The molecule has 4 aromatic rings. The van der Waals surface area contributed by atoms with Gasteiger partial charge in [-0.25, -0.2) is 19.5 Å². The van der Waals surface area contributed by atoms with Gasteiger partial charge in [0.2, 0.25) is 0 Å². The number of rotatable bonds is 10. The van der Waals surface area contributed by atoms with Crippen molar-refractivity contribution in [3.8, 4) is 5.75 Å². The predicted octanol–water partition coefficient (Wildman–Crippen LogP) is 3.02. The molecule has 4 heterocycles. The summed E-state index contributed by atoms with van der Waals surface area (Å²) in [6.45, 7) is 3.03. The highest BCUT2D eigenvalue weighted by Gasteiger charge is 2.49. The van der Waals surface area contributed by atoms with Crippen molar-refractivity contribution < 1.29 is 38.1 Å². The summed E-state index contributed by atoms with van der Waals surface area (Å²) in [5.41, 5.74) is 7.08. The Morgan fingerprint density at radius 3 is 2.69 bits per heavy atom. The van der Waals surface area contributed by atoms with Crippen molar-refractivity contribution in [2.75, 3.05) is 5.73 Å². The summed E-state index contributed by atoms with van der Waals surface area (Å²) in [6, 6.07) is 7.46. The number of carbonyl (C=O) groups excluding carboxylic acids is 1. The van der Waals surface area contributed by atoms with E-state index in [2.05, 4.69) is 25.0 Å². The lowest BCUT2D eigenvalue weighted by atomic mass is 9.98. The number of nitrogens with zero attached hydrogens (tertiary/aromatic N) is 5. The molecule has 240 valence electrons. The molecule has 5 N–H and O–H groups in total. The zero-order valence-corrected chi connectivity index (χ0v) is 25.7. The van der Waals surface area contributed by atoms with E-state index in [4.69, 9.17) is 24.3 Å². The molecule has 15 nitrogen and oxygen atoms in total. The van der Waals surface area contributed by atoms with Crippen LogP contribution >= 0.6 is 7.75 Å². The molecular formula is C29H36N7O8P. The Morgan fingerprint density at radius 1 is 1.09 bits per heavy atom. The molecule has 2 aliphatic rings. The van der Waals surface area contributed by atoms with Crippen molar-refractivity contribution in [2.45, 2.75) is 88.7 Å². The van der Waals surface area contributed by atoms with Crippen LogP contribution in [0.3, 0.4) is 0 Å². The molecule has 0 amide bonds. The summed E-state index contributed by atoms with van der Waals surface area (Å²) >= 11 is 0. The van der Waals surface area contributed by atoms with E-state index in [-0.39, 0.29) is 17.7 Å². The minimum atomic E-state index is -4.40. The highest BCUT2D eigenvalue weighted by atomic mass is 31.2. The normalized spacial score (nSPS) is 25.2. The van der Waals surface area contributed by atoms with Crippen LogP contribution in [0.2, 0.25) is 0 Å². The van der Waals surface area contributed by atoms with Gasteiger partial charge in [0.05, 0.1) is 17.9 Å². The zero-order chi connectivity index (χ0) is 31.7. The van der Waals surface area contributed by atoms with Gasteiger partial charge in [-0.3, -0.25) is 18.9 Å². The lowest BCUT2D eigenvalue weighted by Gasteiger charge is -2.29. The summed E-state index contributed by atoms with van der Waals surface area (Å²) < 4.78 is 39.7. The molecule has 0 spiro atoms. The number of aliphatic hydroxyl groups is 2. The number of benzene rings is 1. The monoisotopic (exact) mass is 641 g/mol. The third kappa shape index (κ3) is 6.50. The largest absolute Gasteiger partial charge is 0.461 e. The lowest BCUT2D eigenvalue weighted by molar-refractivity contribution is -0.152. The fourth-order valence-corrected chi connectivity index (χ4v) is 7.45. The van der Waals surface area contributed by atoms with Crippen molar-refractivity contribution in [3.05, 3.63) is 49.2 Å². The molecule has 1 aliphatic carbocycles. The first kappa shape index (κ1) is 31.3. The Labute approximate surface area is 258 Å². The number of pyridine rings is 1. The predicted molar refractivity (Wildman–Crippen MR) is 162 cm³/mol. The Balaban J connectivity index is 1.24. The first-order valence-corrected chi connectivity index (χ1v) is 16.4. The molecule has 1 saturated carbocycles. The Morgan fingerprint density at radius 2 is 1.89 bits per heavy atom. The van der Waals surface area contributed by atoms with Gasteiger partial charge >= 0.3 is 13.7 Å². The third-order valence-electron chi connectivity index (χ3n) is 8.07. The van der Waals surface area contributed by atoms with Gasteiger partial charge in [0.1, 0.15) is 48.1 Å². The maximum Gasteiger partial charge on any atom is 0.459 e. The second-order valence-electron chi connectivity index (χ2n) is 11.3. The molecule has 16 heteroatoms. The van der Waals surface area contributed by atoms with E-state index in [9.17, 15) is 19.6 Å². The molecule has 1 aromatic carbocycles. The van der Waals surface area contributed by atoms with Crippen LogP contribution in [0.25, 0.3) is 22.1 Å². The highest BCUT2D eigenvalue weighted by Crippen LogP contribution is 2.49. The van der Waals surface area contributed by atoms with E-state index in [0.29, 0.717) is 22.1 Å². The van der Waals surface area contributed by atoms with E-state index < -0.39 is 50.4 Å². The molecular weight excluding hydrogens is 605 g/mol. The fourth-order valence-electron chi connectivity index (χ4n) is 5.74. The van der Waals surface area contributed by atoms with Gasteiger partial charge in [0, 0.05) is 11.6 Å². The van der Waals surface area contributed by atoms with E-state index in [1.54, 1.807) is 36.5 Å². The summed E-state index contributed by atoms with van der Waals surface area (Å²) in [5, 5.41) is 25.3. The number of nitrogens with two attached hydrogens (primary N) is 1. The molecule has 45 heavy (non-hydrogen) atoms. The number of hydrogen-bond donors (Lipinski definition) is 4. The molecule has 0 radical (unpaired) electrons. The van der Waals surface area contributed by atoms with E-state index in [1.165, 1.54) is 31.1 Å². The molecule has 7 unspecified atom stereocenters. The molecule has 1 saturated heterocycles. The van der Waals surface area contributed by atoms with Gasteiger partial charge in [-0.1, -0.05) is 12.5 Å². The Bertz CT molecular complexity index is 1710. The number of fused-ring (bicyclic) bond motifs is 2. The molecule has 6 rings (SSSR count). The van der Waals surface area contributed by atoms with Crippen LogP contribution in [-0.2, 0) is 23.4 Å².